The number of ether oxygens (including phenoxy) is 1. The zero-order valence-corrected chi connectivity index (χ0v) is 15.6. The zero-order chi connectivity index (χ0) is 17.2. The van der Waals surface area contributed by atoms with Gasteiger partial charge in [-0.1, -0.05) is 13.3 Å². The predicted octanol–water partition coefficient (Wildman–Crippen LogP) is 4.18. The minimum atomic E-state index is -0.296. The number of carbonyl (C=O) groups excluding carboxylic acids is 1. The van der Waals surface area contributed by atoms with Crippen LogP contribution in [0.5, 0.6) is 0 Å². The fourth-order valence-corrected chi connectivity index (χ4v) is 8.28. The Bertz CT molecular complexity index is 531. The van der Waals surface area contributed by atoms with Crippen molar-refractivity contribution in [2.24, 2.45) is 39.9 Å². The van der Waals surface area contributed by atoms with E-state index in [1.807, 2.05) is 0 Å². The SMILES string of the molecule is COC(=O)[C@]1(C)CCC[C@@]2(C)[C@H]3CC[C@@H]4C[C@@]3(CC[C@@H]21)C[C@@H]4CO. The fourth-order valence-electron chi connectivity index (χ4n) is 8.28. The number of methoxy groups -OCH3 is 1. The molecule has 7 atom stereocenters. The monoisotopic (exact) mass is 334 g/mol. The van der Waals surface area contributed by atoms with Crippen LogP contribution in [-0.2, 0) is 9.53 Å². The summed E-state index contributed by atoms with van der Waals surface area (Å²) in [7, 11) is 1.55. The van der Waals surface area contributed by atoms with Crippen LogP contribution in [-0.4, -0.2) is 24.8 Å². The highest BCUT2D eigenvalue weighted by molar-refractivity contribution is 5.77. The summed E-state index contributed by atoms with van der Waals surface area (Å²) in [6.45, 7) is 5.05. The molecule has 3 nitrogen and oxygen atoms in total. The van der Waals surface area contributed by atoms with Crippen LogP contribution in [0.25, 0.3) is 0 Å². The van der Waals surface area contributed by atoms with E-state index in [0.29, 0.717) is 23.9 Å². The minimum absolute atomic E-state index is 0.0164. The van der Waals surface area contributed by atoms with Gasteiger partial charge in [-0.25, -0.2) is 0 Å². The summed E-state index contributed by atoms with van der Waals surface area (Å²) in [4.78, 5) is 12.6. The van der Waals surface area contributed by atoms with Crippen LogP contribution in [0.3, 0.4) is 0 Å². The molecule has 4 fully saturated rings. The molecular weight excluding hydrogens is 300 g/mol. The summed E-state index contributed by atoms with van der Waals surface area (Å²) in [5, 5.41) is 9.82. The van der Waals surface area contributed by atoms with E-state index in [9.17, 15) is 9.90 Å². The topological polar surface area (TPSA) is 46.5 Å². The van der Waals surface area contributed by atoms with Gasteiger partial charge in [-0.15, -0.1) is 0 Å². The lowest BCUT2D eigenvalue weighted by molar-refractivity contribution is -0.183. The smallest absolute Gasteiger partial charge is 0.311 e. The molecule has 2 bridgehead atoms. The first kappa shape index (κ1) is 16.9. The standard InChI is InChI=1S/C21H34O3/c1-19-8-4-9-20(2,18(23)24-3)16(19)7-10-21-11-14(5-6-17(19)21)15(12-21)13-22/h14-17,22H,4-13H2,1-3H3/t14-,15-,16+,17-,19-,20-,21+/m1/s1. The highest BCUT2D eigenvalue weighted by atomic mass is 16.5. The third-order valence-electron chi connectivity index (χ3n) is 9.16. The average molecular weight is 335 g/mol. The lowest BCUT2D eigenvalue weighted by Crippen LogP contribution is -2.58. The lowest BCUT2D eigenvalue weighted by atomic mass is 9.41. The Morgan fingerprint density at radius 3 is 2.58 bits per heavy atom. The van der Waals surface area contributed by atoms with Crippen molar-refractivity contribution in [1.82, 2.24) is 0 Å². The molecule has 0 unspecified atom stereocenters. The third-order valence-corrected chi connectivity index (χ3v) is 9.16. The zero-order valence-electron chi connectivity index (χ0n) is 15.6. The lowest BCUT2D eigenvalue weighted by Gasteiger charge is -2.63. The maximum absolute atomic E-state index is 12.6. The van der Waals surface area contributed by atoms with Crippen molar-refractivity contribution in [3.8, 4) is 0 Å². The third kappa shape index (κ3) is 2.03. The van der Waals surface area contributed by atoms with Gasteiger partial charge >= 0.3 is 5.97 Å². The molecule has 0 aromatic heterocycles. The summed E-state index contributed by atoms with van der Waals surface area (Å²) in [5.74, 6) is 2.50. The van der Waals surface area contributed by atoms with Gasteiger partial charge in [-0.3, -0.25) is 4.79 Å². The van der Waals surface area contributed by atoms with Crippen molar-refractivity contribution < 1.29 is 14.6 Å². The van der Waals surface area contributed by atoms with E-state index in [2.05, 4.69) is 13.8 Å². The summed E-state index contributed by atoms with van der Waals surface area (Å²) >= 11 is 0. The summed E-state index contributed by atoms with van der Waals surface area (Å²) in [5.41, 5.74) is 0.430. The summed E-state index contributed by atoms with van der Waals surface area (Å²) < 4.78 is 5.24. The van der Waals surface area contributed by atoms with Crippen molar-refractivity contribution in [2.45, 2.75) is 71.6 Å². The number of rotatable bonds is 2. The number of aliphatic hydroxyl groups excluding tert-OH is 1. The van der Waals surface area contributed by atoms with Crippen molar-refractivity contribution in [1.29, 1.82) is 0 Å². The first-order chi connectivity index (χ1) is 11.4. The maximum atomic E-state index is 12.6. The molecular formula is C21H34O3. The van der Waals surface area contributed by atoms with Gasteiger partial charge in [0, 0.05) is 6.61 Å². The quantitative estimate of drug-likeness (QED) is 0.771. The van der Waals surface area contributed by atoms with Crippen LogP contribution in [0.2, 0.25) is 0 Å². The molecule has 4 rings (SSSR count). The Morgan fingerprint density at radius 2 is 1.88 bits per heavy atom. The first-order valence-electron chi connectivity index (χ1n) is 10.1. The average Bonchev–Trinajstić information content (AvgIpc) is 2.84. The van der Waals surface area contributed by atoms with Gasteiger partial charge in [0.25, 0.3) is 0 Å². The second kappa shape index (κ2) is 5.46. The van der Waals surface area contributed by atoms with E-state index < -0.39 is 0 Å². The van der Waals surface area contributed by atoms with E-state index >= 15 is 0 Å². The van der Waals surface area contributed by atoms with Gasteiger partial charge in [0.15, 0.2) is 0 Å². The van der Waals surface area contributed by atoms with Gasteiger partial charge < -0.3 is 9.84 Å². The number of esters is 1. The van der Waals surface area contributed by atoms with Gasteiger partial charge in [-0.05, 0) is 92.8 Å². The molecule has 24 heavy (non-hydrogen) atoms. The van der Waals surface area contributed by atoms with Crippen LogP contribution in [0.4, 0.5) is 0 Å². The van der Waals surface area contributed by atoms with Crippen molar-refractivity contribution >= 4 is 5.97 Å². The predicted molar refractivity (Wildman–Crippen MR) is 93.3 cm³/mol. The Kier molecular flexibility index (Phi) is 3.84. The van der Waals surface area contributed by atoms with Gasteiger partial charge in [0.2, 0.25) is 0 Å². The van der Waals surface area contributed by atoms with Crippen LogP contribution >= 0.6 is 0 Å². The number of carbonyl (C=O) groups is 1. The Balaban J connectivity index is 1.69. The molecule has 1 N–H and O–H groups in total. The van der Waals surface area contributed by atoms with Crippen molar-refractivity contribution in [2.75, 3.05) is 13.7 Å². The molecule has 1 spiro atoms. The molecule has 0 aromatic carbocycles. The molecule has 0 aliphatic heterocycles. The van der Waals surface area contributed by atoms with Crippen LogP contribution in [0.15, 0.2) is 0 Å². The van der Waals surface area contributed by atoms with Crippen LogP contribution in [0.1, 0.15) is 71.6 Å². The Morgan fingerprint density at radius 1 is 1.08 bits per heavy atom. The van der Waals surface area contributed by atoms with Gasteiger partial charge in [-0.2, -0.15) is 0 Å². The molecule has 0 saturated heterocycles. The minimum Gasteiger partial charge on any atom is -0.469 e. The molecule has 4 aliphatic rings. The number of fused-ring (bicyclic) bond motifs is 3. The normalized spacial score (nSPS) is 53.2. The maximum Gasteiger partial charge on any atom is 0.311 e. The second-order valence-electron chi connectivity index (χ2n) is 9.96. The van der Waals surface area contributed by atoms with E-state index in [1.54, 1.807) is 7.11 Å². The summed E-state index contributed by atoms with van der Waals surface area (Å²) in [6, 6.07) is 0. The van der Waals surface area contributed by atoms with Gasteiger partial charge in [0.05, 0.1) is 12.5 Å². The highest BCUT2D eigenvalue weighted by Crippen LogP contribution is 2.72. The fraction of sp³-hybridized carbons (Fsp3) is 0.952. The Labute approximate surface area is 146 Å². The number of hydrogen-bond acceptors (Lipinski definition) is 3. The van der Waals surface area contributed by atoms with Gasteiger partial charge in [0.1, 0.15) is 0 Å². The van der Waals surface area contributed by atoms with E-state index in [1.165, 1.54) is 44.9 Å². The van der Waals surface area contributed by atoms with Crippen molar-refractivity contribution in [3.05, 3.63) is 0 Å². The number of aliphatic hydroxyl groups is 1. The second-order valence-corrected chi connectivity index (χ2v) is 9.96. The summed E-state index contributed by atoms with van der Waals surface area (Å²) in [6.07, 6.45) is 11.0. The molecule has 4 aliphatic carbocycles. The molecule has 4 saturated carbocycles. The molecule has 0 heterocycles. The Hall–Kier alpha value is -0.570. The molecule has 3 heteroatoms. The van der Waals surface area contributed by atoms with E-state index in [-0.39, 0.29) is 16.8 Å². The molecule has 136 valence electrons. The van der Waals surface area contributed by atoms with Crippen LogP contribution in [0, 0.1) is 39.9 Å². The van der Waals surface area contributed by atoms with E-state index in [0.717, 1.165) is 24.7 Å². The number of hydrogen-bond donors (Lipinski definition) is 1. The van der Waals surface area contributed by atoms with E-state index in [4.69, 9.17) is 4.74 Å². The molecule has 0 aromatic rings. The highest BCUT2D eigenvalue weighted by Gasteiger charge is 2.65. The molecule has 0 amide bonds. The van der Waals surface area contributed by atoms with Crippen molar-refractivity contribution in [3.63, 3.8) is 0 Å². The largest absolute Gasteiger partial charge is 0.469 e. The first-order valence-corrected chi connectivity index (χ1v) is 10.1. The molecule has 0 radical (unpaired) electrons. The van der Waals surface area contributed by atoms with Crippen LogP contribution < -0.4 is 0 Å².